The number of carbonyl (C=O) groups excluding carboxylic acids is 1. The van der Waals surface area contributed by atoms with Crippen molar-refractivity contribution in [1.29, 1.82) is 0 Å². The van der Waals surface area contributed by atoms with Gasteiger partial charge in [0.2, 0.25) is 0 Å². The number of ether oxygens (including phenoxy) is 1. The van der Waals surface area contributed by atoms with Crippen molar-refractivity contribution in [3.05, 3.63) is 48.4 Å². The molecule has 0 unspecified atom stereocenters. The first-order chi connectivity index (χ1) is 14.0. The normalized spacial score (nSPS) is 26.3. The number of rotatable bonds is 5. The lowest BCUT2D eigenvalue weighted by molar-refractivity contribution is -0.0502. The zero-order chi connectivity index (χ0) is 20.4. The van der Waals surface area contributed by atoms with Gasteiger partial charge in [-0.1, -0.05) is 12.1 Å². The third-order valence-electron chi connectivity index (χ3n) is 5.66. The molecule has 2 fully saturated rings. The van der Waals surface area contributed by atoms with Crippen molar-refractivity contribution < 1.29 is 23.4 Å². The number of carbonyl (C=O) groups is 1. The van der Waals surface area contributed by atoms with Gasteiger partial charge in [-0.25, -0.2) is 4.98 Å². The molecular formula is C20H22F2N4O3. The van der Waals surface area contributed by atoms with Crippen molar-refractivity contribution >= 4 is 11.7 Å². The molecule has 9 heteroatoms. The molecule has 1 aliphatic heterocycles. The van der Waals surface area contributed by atoms with Gasteiger partial charge in [-0.05, 0) is 36.8 Å². The molecule has 1 aliphatic carbocycles. The Labute approximate surface area is 166 Å². The van der Waals surface area contributed by atoms with E-state index in [0.717, 1.165) is 0 Å². The van der Waals surface area contributed by atoms with E-state index in [-0.39, 0.29) is 35.1 Å². The van der Waals surface area contributed by atoms with Crippen LogP contribution >= 0.6 is 0 Å². The minimum Gasteiger partial charge on any atom is -0.434 e. The molecule has 0 radical (unpaired) electrons. The van der Waals surface area contributed by atoms with Gasteiger partial charge in [-0.3, -0.25) is 9.78 Å². The van der Waals surface area contributed by atoms with Crippen LogP contribution in [0.25, 0.3) is 0 Å². The van der Waals surface area contributed by atoms with Gasteiger partial charge in [0, 0.05) is 25.5 Å². The van der Waals surface area contributed by atoms with Crippen molar-refractivity contribution in [3.63, 3.8) is 0 Å². The number of nitrogens with zero attached hydrogens (tertiary/aromatic N) is 3. The third kappa shape index (κ3) is 4.29. The number of aliphatic hydroxyl groups is 1. The molecule has 1 amide bonds. The smallest absolute Gasteiger partial charge is 0.387 e. The zero-order valence-corrected chi connectivity index (χ0v) is 15.6. The van der Waals surface area contributed by atoms with Crippen molar-refractivity contribution in [3.8, 4) is 5.75 Å². The summed E-state index contributed by atoms with van der Waals surface area (Å²) in [5.41, 5.74) is 0.126. The summed E-state index contributed by atoms with van der Waals surface area (Å²) in [6.45, 7) is -1.99. The monoisotopic (exact) mass is 404 g/mol. The van der Waals surface area contributed by atoms with E-state index in [1.165, 1.54) is 12.1 Å². The van der Waals surface area contributed by atoms with Crippen LogP contribution in [0.1, 0.15) is 23.2 Å². The number of amides is 1. The minimum atomic E-state index is -2.99. The van der Waals surface area contributed by atoms with Crippen molar-refractivity contribution in [1.82, 2.24) is 14.9 Å². The molecule has 7 nitrogen and oxygen atoms in total. The fourth-order valence-corrected chi connectivity index (χ4v) is 4.33. The number of halogens is 2. The van der Waals surface area contributed by atoms with Crippen LogP contribution in [0.4, 0.5) is 14.6 Å². The van der Waals surface area contributed by atoms with Gasteiger partial charge in [0.1, 0.15) is 11.6 Å². The van der Waals surface area contributed by atoms with Crippen LogP contribution in [0.3, 0.4) is 0 Å². The highest BCUT2D eigenvalue weighted by atomic mass is 19.3. The van der Waals surface area contributed by atoms with E-state index in [1.807, 2.05) is 0 Å². The maximum absolute atomic E-state index is 13.0. The van der Waals surface area contributed by atoms with Gasteiger partial charge in [-0.2, -0.15) is 8.78 Å². The number of alkyl halides is 2. The lowest BCUT2D eigenvalue weighted by atomic mass is 9.77. The molecule has 2 aromatic rings. The van der Waals surface area contributed by atoms with Crippen LogP contribution in [0.15, 0.2) is 42.9 Å². The number of fused-ring (bicyclic) bond motifs is 1. The standard InChI is InChI=1S/C20H22F2N4O3/c21-20(22)29-17-4-2-1-3-14(17)19(28)26-10-12-7-15(16(27)8-13(12)11-26)25-18-9-23-5-6-24-18/h1-6,9,12-13,15-16,20,27H,7-8,10-11H2,(H,24,25)/t12-,13+,15-,16-/m1/s1. The molecular weight excluding hydrogens is 382 g/mol. The van der Waals surface area contributed by atoms with E-state index in [4.69, 9.17) is 0 Å². The maximum Gasteiger partial charge on any atom is 0.387 e. The highest BCUT2D eigenvalue weighted by molar-refractivity contribution is 5.97. The number of likely N-dealkylation sites (tertiary alicyclic amines) is 1. The van der Waals surface area contributed by atoms with Crippen LogP contribution in [-0.2, 0) is 0 Å². The number of anilines is 1. The Bertz CT molecular complexity index is 855. The summed E-state index contributed by atoms with van der Waals surface area (Å²) in [4.78, 5) is 22.8. The van der Waals surface area contributed by atoms with Gasteiger partial charge in [0.25, 0.3) is 5.91 Å². The van der Waals surface area contributed by atoms with Crippen LogP contribution in [0.2, 0.25) is 0 Å². The van der Waals surface area contributed by atoms with Gasteiger partial charge in [-0.15, -0.1) is 0 Å². The van der Waals surface area contributed by atoms with Gasteiger partial charge in [0.05, 0.1) is 23.9 Å². The third-order valence-corrected chi connectivity index (χ3v) is 5.66. The van der Waals surface area contributed by atoms with E-state index in [1.54, 1.807) is 35.6 Å². The van der Waals surface area contributed by atoms with Crippen molar-refractivity contribution in [2.45, 2.75) is 31.6 Å². The second kappa shape index (κ2) is 8.28. The Morgan fingerprint density at radius 2 is 1.97 bits per heavy atom. The van der Waals surface area contributed by atoms with Crippen LogP contribution in [0, 0.1) is 11.8 Å². The van der Waals surface area contributed by atoms with E-state index in [2.05, 4.69) is 20.0 Å². The van der Waals surface area contributed by atoms with Crippen molar-refractivity contribution in [2.75, 3.05) is 18.4 Å². The average Bonchev–Trinajstić information content (AvgIpc) is 3.11. The molecule has 1 saturated carbocycles. The fraction of sp³-hybridized carbons (Fsp3) is 0.450. The minimum absolute atomic E-state index is 0.121. The molecule has 0 spiro atoms. The molecule has 4 rings (SSSR count). The van der Waals surface area contributed by atoms with E-state index >= 15 is 0 Å². The highest BCUT2D eigenvalue weighted by Gasteiger charge is 2.43. The van der Waals surface area contributed by atoms with Gasteiger partial charge >= 0.3 is 6.61 Å². The number of para-hydroxylation sites is 1. The summed E-state index contributed by atoms with van der Waals surface area (Å²) in [5, 5.41) is 13.8. The molecule has 1 aromatic heterocycles. The maximum atomic E-state index is 13.0. The fourth-order valence-electron chi connectivity index (χ4n) is 4.33. The Kier molecular flexibility index (Phi) is 5.57. The molecule has 1 saturated heterocycles. The van der Waals surface area contributed by atoms with Crippen LogP contribution in [-0.4, -0.2) is 57.7 Å². The Hall–Kier alpha value is -2.81. The van der Waals surface area contributed by atoms with Crippen molar-refractivity contribution in [2.24, 2.45) is 11.8 Å². The molecule has 1 aromatic carbocycles. The molecule has 0 bridgehead atoms. The molecule has 2 heterocycles. The number of aromatic nitrogens is 2. The predicted molar refractivity (Wildman–Crippen MR) is 101 cm³/mol. The highest BCUT2D eigenvalue weighted by Crippen LogP contribution is 2.38. The van der Waals surface area contributed by atoms with E-state index in [9.17, 15) is 18.7 Å². The number of hydrogen-bond donors (Lipinski definition) is 2. The van der Waals surface area contributed by atoms with Gasteiger partial charge < -0.3 is 20.1 Å². The largest absolute Gasteiger partial charge is 0.434 e. The van der Waals surface area contributed by atoms with E-state index < -0.39 is 12.7 Å². The quantitative estimate of drug-likeness (QED) is 0.796. The van der Waals surface area contributed by atoms with Gasteiger partial charge in [0.15, 0.2) is 0 Å². The molecule has 2 aliphatic rings. The SMILES string of the molecule is O=C(c1ccccc1OC(F)F)N1C[C@H]2C[C@@H](Nc3cnccn3)[C@H](O)C[C@H]2C1. The summed E-state index contributed by atoms with van der Waals surface area (Å²) in [5.74, 6) is 0.518. The second-order valence-corrected chi connectivity index (χ2v) is 7.49. The second-order valence-electron chi connectivity index (χ2n) is 7.49. The molecule has 154 valence electrons. The van der Waals surface area contributed by atoms with Crippen LogP contribution < -0.4 is 10.1 Å². The molecule has 2 N–H and O–H groups in total. The van der Waals surface area contributed by atoms with E-state index in [0.29, 0.717) is 31.7 Å². The summed E-state index contributed by atoms with van der Waals surface area (Å²) < 4.78 is 29.8. The lowest BCUT2D eigenvalue weighted by Gasteiger charge is -2.35. The summed E-state index contributed by atoms with van der Waals surface area (Å²) in [7, 11) is 0. The number of nitrogens with one attached hydrogen (secondary N) is 1. The summed E-state index contributed by atoms with van der Waals surface area (Å²) >= 11 is 0. The van der Waals surface area contributed by atoms with Crippen LogP contribution in [0.5, 0.6) is 5.75 Å². The topological polar surface area (TPSA) is 87.6 Å². The zero-order valence-electron chi connectivity index (χ0n) is 15.6. The average molecular weight is 404 g/mol. The molecule has 29 heavy (non-hydrogen) atoms. The number of hydrogen-bond acceptors (Lipinski definition) is 6. The summed E-state index contributed by atoms with van der Waals surface area (Å²) in [6.07, 6.45) is 5.43. The first-order valence-corrected chi connectivity index (χ1v) is 9.55. The first kappa shape index (κ1) is 19.5. The Balaban J connectivity index is 1.44. The number of aliphatic hydroxyl groups excluding tert-OH is 1. The Morgan fingerprint density at radius 3 is 2.69 bits per heavy atom. The summed E-state index contributed by atoms with van der Waals surface area (Å²) in [6, 6.07) is 5.86. The number of benzene rings is 1. The predicted octanol–water partition coefficient (Wildman–Crippen LogP) is 2.40. The molecule has 4 atom stereocenters. The Morgan fingerprint density at radius 1 is 1.21 bits per heavy atom. The lowest BCUT2D eigenvalue weighted by Crippen LogP contribution is -2.43. The first-order valence-electron chi connectivity index (χ1n) is 9.55.